The van der Waals surface area contributed by atoms with Gasteiger partial charge in [-0.1, -0.05) is 13.3 Å². The maximum Gasteiger partial charge on any atom is 0.143 e. The third-order valence-corrected chi connectivity index (χ3v) is 3.92. The highest BCUT2D eigenvalue weighted by Gasteiger charge is 2.20. The second-order valence-electron chi connectivity index (χ2n) is 4.41. The van der Waals surface area contributed by atoms with Crippen molar-refractivity contribution in [3.63, 3.8) is 0 Å². The van der Waals surface area contributed by atoms with Gasteiger partial charge in [0.05, 0.1) is 16.4 Å². The molecule has 88 valence electrons. The SMILES string of the molecule is CCC1CCN(c2ncc(N)cc2Br)CC1. The lowest BCUT2D eigenvalue weighted by atomic mass is 9.94. The minimum Gasteiger partial charge on any atom is -0.397 e. The molecule has 1 saturated heterocycles. The van der Waals surface area contributed by atoms with E-state index in [2.05, 4.69) is 32.7 Å². The number of piperidine rings is 1. The van der Waals surface area contributed by atoms with E-state index in [9.17, 15) is 0 Å². The molecule has 1 aliphatic rings. The number of nitrogens with two attached hydrogens (primary N) is 1. The summed E-state index contributed by atoms with van der Waals surface area (Å²) in [4.78, 5) is 6.75. The molecule has 0 unspecified atom stereocenters. The predicted octanol–water partition coefficient (Wildman–Crippen LogP) is 3.05. The highest BCUT2D eigenvalue weighted by molar-refractivity contribution is 9.10. The highest BCUT2D eigenvalue weighted by atomic mass is 79.9. The first-order chi connectivity index (χ1) is 7.70. The molecule has 16 heavy (non-hydrogen) atoms. The van der Waals surface area contributed by atoms with Crippen LogP contribution in [0.4, 0.5) is 11.5 Å². The number of halogens is 1. The summed E-state index contributed by atoms with van der Waals surface area (Å²) in [7, 11) is 0. The first-order valence-corrected chi connectivity index (χ1v) is 6.66. The van der Waals surface area contributed by atoms with E-state index in [1.54, 1.807) is 6.20 Å². The third-order valence-electron chi connectivity index (χ3n) is 3.33. The van der Waals surface area contributed by atoms with E-state index in [1.807, 2.05) is 6.07 Å². The summed E-state index contributed by atoms with van der Waals surface area (Å²) in [5.41, 5.74) is 6.40. The second-order valence-corrected chi connectivity index (χ2v) is 5.27. The maximum atomic E-state index is 5.69. The molecule has 0 aromatic carbocycles. The van der Waals surface area contributed by atoms with Crippen molar-refractivity contribution >= 4 is 27.4 Å². The quantitative estimate of drug-likeness (QED) is 0.907. The lowest BCUT2D eigenvalue weighted by Gasteiger charge is -2.32. The molecule has 1 aromatic heterocycles. The zero-order valence-electron chi connectivity index (χ0n) is 9.62. The van der Waals surface area contributed by atoms with Gasteiger partial charge in [-0.3, -0.25) is 0 Å². The average molecular weight is 284 g/mol. The monoisotopic (exact) mass is 283 g/mol. The summed E-state index contributed by atoms with van der Waals surface area (Å²) < 4.78 is 1.00. The van der Waals surface area contributed by atoms with E-state index < -0.39 is 0 Å². The van der Waals surface area contributed by atoms with Crippen molar-refractivity contribution in [3.05, 3.63) is 16.7 Å². The molecule has 0 amide bonds. The summed E-state index contributed by atoms with van der Waals surface area (Å²) in [6.07, 6.45) is 5.57. The molecule has 1 fully saturated rings. The normalized spacial score (nSPS) is 17.8. The van der Waals surface area contributed by atoms with Gasteiger partial charge in [0.1, 0.15) is 5.82 Å². The van der Waals surface area contributed by atoms with Crippen LogP contribution in [0.2, 0.25) is 0 Å². The Balaban J connectivity index is 2.08. The Hall–Kier alpha value is -0.770. The Labute approximate surface area is 105 Å². The molecule has 1 aromatic rings. The lowest BCUT2D eigenvalue weighted by Crippen LogP contribution is -2.34. The summed E-state index contributed by atoms with van der Waals surface area (Å²) in [5.74, 6) is 1.92. The minimum absolute atomic E-state index is 0.707. The molecule has 0 bridgehead atoms. The molecule has 0 saturated carbocycles. The van der Waals surface area contributed by atoms with Crippen LogP contribution >= 0.6 is 15.9 Å². The topological polar surface area (TPSA) is 42.2 Å². The summed E-state index contributed by atoms with van der Waals surface area (Å²) in [6, 6.07) is 1.92. The molecule has 0 atom stereocenters. The molecule has 0 spiro atoms. The van der Waals surface area contributed by atoms with Gasteiger partial charge < -0.3 is 10.6 Å². The number of nitrogen functional groups attached to an aromatic ring is 1. The van der Waals surface area contributed by atoms with Gasteiger partial charge in [0, 0.05) is 13.1 Å². The van der Waals surface area contributed by atoms with Gasteiger partial charge >= 0.3 is 0 Å². The van der Waals surface area contributed by atoms with Crippen LogP contribution in [0.5, 0.6) is 0 Å². The van der Waals surface area contributed by atoms with Crippen LogP contribution in [-0.4, -0.2) is 18.1 Å². The standard InChI is InChI=1S/C12H18BrN3/c1-2-9-3-5-16(6-4-9)12-11(13)7-10(14)8-15-12/h7-9H,2-6,14H2,1H3. The molecular formula is C12H18BrN3. The van der Waals surface area contributed by atoms with Crippen molar-refractivity contribution < 1.29 is 0 Å². The number of nitrogens with zero attached hydrogens (tertiary/aromatic N) is 2. The van der Waals surface area contributed by atoms with Crippen LogP contribution < -0.4 is 10.6 Å². The summed E-state index contributed by atoms with van der Waals surface area (Å²) in [6.45, 7) is 4.49. The van der Waals surface area contributed by atoms with Crippen LogP contribution in [0.25, 0.3) is 0 Å². The molecule has 2 rings (SSSR count). The van der Waals surface area contributed by atoms with E-state index in [0.717, 1.165) is 29.3 Å². The summed E-state index contributed by atoms with van der Waals surface area (Å²) in [5, 5.41) is 0. The Kier molecular flexibility index (Phi) is 3.69. The molecule has 0 aliphatic carbocycles. The van der Waals surface area contributed by atoms with Crippen molar-refractivity contribution in [2.24, 2.45) is 5.92 Å². The fourth-order valence-corrected chi connectivity index (χ4v) is 2.85. The van der Waals surface area contributed by atoms with Crippen molar-refractivity contribution in [1.82, 2.24) is 4.98 Å². The Morgan fingerprint density at radius 3 is 2.75 bits per heavy atom. The zero-order chi connectivity index (χ0) is 11.5. The van der Waals surface area contributed by atoms with Gasteiger partial charge in [-0.2, -0.15) is 0 Å². The molecular weight excluding hydrogens is 266 g/mol. The lowest BCUT2D eigenvalue weighted by molar-refractivity contribution is 0.393. The third kappa shape index (κ3) is 2.48. The van der Waals surface area contributed by atoms with Crippen LogP contribution in [0, 0.1) is 5.92 Å². The molecule has 2 N–H and O–H groups in total. The highest BCUT2D eigenvalue weighted by Crippen LogP contribution is 2.29. The van der Waals surface area contributed by atoms with E-state index in [4.69, 9.17) is 5.73 Å². The fraction of sp³-hybridized carbons (Fsp3) is 0.583. The van der Waals surface area contributed by atoms with Gasteiger partial charge in [-0.05, 0) is 40.8 Å². The minimum atomic E-state index is 0.707. The number of pyridine rings is 1. The first-order valence-electron chi connectivity index (χ1n) is 5.86. The van der Waals surface area contributed by atoms with Crippen LogP contribution in [0.1, 0.15) is 26.2 Å². The molecule has 0 radical (unpaired) electrons. The van der Waals surface area contributed by atoms with E-state index >= 15 is 0 Å². The maximum absolute atomic E-state index is 5.69. The van der Waals surface area contributed by atoms with Gasteiger partial charge in [-0.25, -0.2) is 4.98 Å². The molecule has 3 nitrogen and oxygen atoms in total. The van der Waals surface area contributed by atoms with Crippen LogP contribution in [0.3, 0.4) is 0 Å². The van der Waals surface area contributed by atoms with E-state index in [1.165, 1.54) is 19.3 Å². The number of rotatable bonds is 2. The van der Waals surface area contributed by atoms with Crippen LogP contribution in [-0.2, 0) is 0 Å². The van der Waals surface area contributed by atoms with Crippen molar-refractivity contribution in [2.45, 2.75) is 26.2 Å². The second kappa shape index (κ2) is 5.04. The van der Waals surface area contributed by atoms with Gasteiger partial charge in [0.15, 0.2) is 0 Å². The Morgan fingerprint density at radius 2 is 2.19 bits per heavy atom. The smallest absolute Gasteiger partial charge is 0.143 e. The number of hydrogen-bond donors (Lipinski definition) is 1. The van der Waals surface area contributed by atoms with Gasteiger partial charge in [0.2, 0.25) is 0 Å². The molecule has 4 heteroatoms. The zero-order valence-corrected chi connectivity index (χ0v) is 11.2. The summed E-state index contributed by atoms with van der Waals surface area (Å²) >= 11 is 3.53. The van der Waals surface area contributed by atoms with E-state index in [0.29, 0.717) is 5.69 Å². The van der Waals surface area contributed by atoms with E-state index in [-0.39, 0.29) is 0 Å². The Bertz CT molecular complexity index is 359. The molecule has 2 heterocycles. The van der Waals surface area contributed by atoms with Crippen molar-refractivity contribution in [3.8, 4) is 0 Å². The first kappa shape index (κ1) is 11.7. The van der Waals surface area contributed by atoms with Crippen molar-refractivity contribution in [2.75, 3.05) is 23.7 Å². The van der Waals surface area contributed by atoms with Crippen LogP contribution in [0.15, 0.2) is 16.7 Å². The number of anilines is 2. The van der Waals surface area contributed by atoms with Gasteiger partial charge in [0.25, 0.3) is 0 Å². The predicted molar refractivity (Wildman–Crippen MR) is 71.6 cm³/mol. The molecule has 1 aliphatic heterocycles. The number of hydrogen-bond acceptors (Lipinski definition) is 3. The fourth-order valence-electron chi connectivity index (χ4n) is 2.23. The van der Waals surface area contributed by atoms with Crippen molar-refractivity contribution in [1.29, 1.82) is 0 Å². The Morgan fingerprint density at radius 1 is 1.50 bits per heavy atom. The number of aromatic nitrogens is 1. The largest absolute Gasteiger partial charge is 0.397 e. The van der Waals surface area contributed by atoms with Gasteiger partial charge in [-0.15, -0.1) is 0 Å². The average Bonchev–Trinajstić information content (AvgIpc) is 2.29.